The molecule has 0 spiro atoms. The average molecular weight is 355 g/mol. The van der Waals surface area contributed by atoms with Gasteiger partial charge in [-0.1, -0.05) is 42.1 Å². The zero-order valence-electron chi connectivity index (χ0n) is 14.1. The largest absolute Gasteiger partial charge is 0.347 e. The summed E-state index contributed by atoms with van der Waals surface area (Å²) >= 11 is 1.13. The molecule has 0 aliphatic heterocycles. The number of Topliss-reactive ketones (excluding diaryl/α,β-unsaturated/α-hetero) is 1. The van der Waals surface area contributed by atoms with Crippen LogP contribution in [0.1, 0.15) is 6.92 Å². The van der Waals surface area contributed by atoms with Crippen molar-refractivity contribution in [3.63, 3.8) is 0 Å². The smallest absolute Gasteiger partial charge is 0.243 e. The van der Waals surface area contributed by atoms with Crippen LogP contribution in [0.4, 0.5) is 0 Å². The Hall–Kier alpha value is -2.74. The van der Waals surface area contributed by atoms with E-state index in [1.54, 1.807) is 30.7 Å². The first-order valence-electron chi connectivity index (χ1n) is 7.63. The molecule has 3 aromatic rings. The molecule has 1 aromatic carbocycles. The summed E-state index contributed by atoms with van der Waals surface area (Å²) in [5, 5.41) is 12.5. The molecular weight excluding hydrogens is 338 g/mol. The molecule has 3 rings (SSSR count). The van der Waals surface area contributed by atoms with Gasteiger partial charge in [0.15, 0.2) is 17.3 Å². The van der Waals surface area contributed by atoms with Crippen molar-refractivity contribution in [3.8, 4) is 11.4 Å². The van der Waals surface area contributed by atoms with Crippen LogP contribution in [0.3, 0.4) is 0 Å². The fourth-order valence-corrected chi connectivity index (χ4v) is 3.26. The molecule has 2 aromatic heterocycles. The maximum absolute atomic E-state index is 12.2. The Morgan fingerprint density at radius 3 is 2.44 bits per heavy atom. The van der Waals surface area contributed by atoms with E-state index in [1.165, 1.54) is 11.8 Å². The van der Waals surface area contributed by atoms with Crippen molar-refractivity contribution < 1.29 is 9.59 Å². The minimum atomic E-state index is -0.823. The number of carbonyl (C=O) groups excluding carboxylic acids is 2. The fourth-order valence-electron chi connectivity index (χ4n) is 2.26. The molecular formula is C17H17N5O2S. The van der Waals surface area contributed by atoms with Gasteiger partial charge in [0.05, 0.1) is 0 Å². The third-order valence-corrected chi connectivity index (χ3v) is 4.77. The van der Waals surface area contributed by atoms with Crippen LogP contribution in [-0.4, -0.2) is 55.7 Å². The van der Waals surface area contributed by atoms with Gasteiger partial charge < -0.3 is 4.90 Å². The number of rotatable bonds is 5. The number of carbonyl (C=O) groups is 2. The Morgan fingerprint density at radius 1 is 1.08 bits per heavy atom. The lowest BCUT2D eigenvalue weighted by molar-refractivity contribution is -0.132. The molecule has 2 heterocycles. The normalized spacial score (nSPS) is 12.1. The Kier molecular flexibility index (Phi) is 4.80. The molecule has 7 nitrogen and oxygen atoms in total. The van der Waals surface area contributed by atoms with Crippen molar-refractivity contribution >= 4 is 29.1 Å². The summed E-state index contributed by atoms with van der Waals surface area (Å²) in [6.07, 6.45) is 0. The molecule has 1 unspecified atom stereocenters. The molecule has 0 fully saturated rings. The van der Waals surface area contributed by atoms with Gasteiger partial charge in [-0.25, -0.2) is 0 Å². The topological polar surface area (TPSA) is 80.5 Å². The number of fused-ring (bicyclic) bond motifs is 1. The minimum absolute atomic E-state index is 0.211. The van der Waals surface area contributed by atoms with E-state index in [1.807, 2.05) is 30.3 Å². The van der Waals surface area contributed by atoms with E-state index in [4.69, 9.17) is 0 Å². The van der Waals surface area contributed by atoms with Crippen molar-refractivity contribution in [1.82, 2.24) is 24.7 Å². The Bertz CT molecular complexity index is 923. The number of nitrogens with zero attached hydrogens (tertiary/aromatic N) is 5. The van der Waals surface area contributed by atoms with Gasteiger partial charge in [-0.3, -0.25) is 9.59 Å². The maximum atomic E-state index is 12.2. The van der Waals surface area contributed by atoms with Crippen molar-refractivity contribution in [2.24, 2.45) is 0 Å². The van der Waals surface area contributed by atoms with Crippen molar-refractivity contribution in [2.75, 3.05) is 14.1 Å². The van der Waals surface area contributed by atoms with Gasteiger partial charge >= 0.3 is 0 Å². The number of thioether (sulfide) groups is 1. The third-order valence-electron chi connectivity index (χ3n) is 3.54. The second-order valence-electron chi connectivity index (χ2n) is 5.67. The van der Waals surface area contributed by atoms with Gasteiger partial charge in [-0.2, -0.15) is 9.61 Å². The Labute approximate surface area is 149 Å². The fraction of sp³-hybridized carbons (Fsp3) is 0.235. The first-order valence-corrected chi connectivity index (χ1v) is 8.51. The predicted molar refractivity (Wildman–Crippen MR) is 95.2 cm³/mol. The van der Waals surface area contributed by atoms with Crippen molar-refractivity contribution in [3.05, 3.63) is 42.5 Å². The lowest BCUT2D eigenvalue weighted by atomic mass is 10.2. The van der Waals surface area contributed by atoms with Crippen LogP contribution in [0, 0.1) is 0 Å². The molecule has 8 heteroatoms. The van der Waals surface area contributed by atoms with Crippen LogP contribution in [0.5, 0.6) is 0 Å². The Morgan fingerprint density at radius 2 is 1.80 bits per heavy atom. The monoisotopic (exact) mass is 355 g/mol. The van der Waals surface area contributed by atoms with Gasteiger partial charge in [-0.05, 0) is 19.1 Å². The highest BCUT2D eigenvalue weighted by atomic mass is 32.2. The van der Waals surface area contributed by atoms with E-state index >= 15 is 0 Å². The summed E-state index contributed by atoms with van der Waals surface area (Å²) in [7, 11) is 3.26. The predicted octanol–water partition coefficient (Wildman–Crippen LogP) is 1.93. The Balaban J connectivity index is 1.98. The van der Waals surface area contributed by atoms with Crippen molar-refractivity contribution in [1.29, 1.82) is 0 Å². The summed E-state index contributed by atoms with van der Waals surface area (Å²) in [6, 6.07) is 13.1. The lowest BCUT2D eigenvalue weighted by Crippen LogP contribution is -2.36. The summed E-state index contributed by atoms with van der Waals surface area (Å²) in [6.45, 7) is 1.41. The van der Waals surface area contributed by atoms with Crippen LogP contribution in [0.2, 0.25) is 0 Å². The molecule has 0 N–H and O–H groups in total. The van der Waals surface area contributed by atoms with Gasteiger partial charge in [0.1, 0.15) is 10.3 Å². The number of ketones is 1. The molecule has 0 bridgehead atoms. The number of hydrogen-bond acceptors (Lipinski definition) is 6. The first-order chi connectivity index (χ1) is 12.0. The number of hydrogen-bond donors (Lipinski definition) is 0. The van der Waals surface area contributed by atoms with Crippen LogP contribution in [-0.2, 0) is 9.59 Å². The molecule has 1 amide bonds. The summed E-state index contributed by atoms with van der Waals surface area (Å²) in [4.78, 5) is 25.5. The summed E-state index contributed by atoms with van der Waals surface area (Å²) in [5.41, 5.74) is 1.48. The van der Waals surface area contributed by atoms with E-state index in [9.17, 15) is 9.59 Å². The van der Waals surface area contributed by atoms with Crippen molar-refractivity contribution in [2.45, 2.75) is 17.2 Å². The number of benzene rings is 1. The second kappa shape index (κ2) is 7.02. The average Bonchev–Trinajstić information content (AvgIpc) is 3.02. The molecule has 0 saturated heterocycles. The standard InChI is InChI=1S/C17H17N5O2S/c1-11(23)15(17(24)21(2)3)25-14-10-9-13-18-19-16(22(13)20-14)12-7-5-4-6-8-12/h4-10,15H,1-3H3. The lowest BCUT2D eigenvalue weighted by Gasteiger charge is -2.17. The molecule has 0 radical (unpaired) electrons. The maximum Gasteiger partial charge on any atom is 0.243 e. The van der Waals surface area contributed by atoms with E-state index < -0.39 is 5.25 Å². The number of amides is 1. The highest BCUT2D eigenvalue weighted by Crippen LogP contribution is 2.25. The van der Waals surface area contributed by atoms with Crippen LogP contribution >= 0.6 is 11.8 Å². The molecule has 0 aliphatic carbocycles. The zero-order chi connectivity index (χ0) is 18.0. The molecule has 0 saturated carbocycles. The minimum Gasteiger partial charge on any atom is -0.347 e. The second-order valence-corrected chi connectivity index (χ2v) is 6.80. The van der Waals surface area contributed by atoms with E-state index in [-0.39, 0.29) is 11.7 Å². The van der Waals surface area contributed by atoms with E-state index in [0.717, 1.165) is 17.3 Å². The highest BCUT2D eigenvalue weighted by molar-refractivity contribution is 8.01. The van der Waals surface area contributed by atoms with Crippen LogP contribution in [0.15, 0.2) is 47.5 Å². The van der Waals surface area contributed by atoms with Gasteiger partial charge in [-0.15, -0.1) is 10.2 Å². The van der Waals surface area contributed by atoms with Crippen LogP contribution < -0.4 is 0 Å². The molecule has 1 atom stereocenters. The quantitative estimate of drug-likeness (QED) is 0.514. The molecule has 25 heavy (non-hydrogen) atoms. The zero-order valence-corrected chi connectivity index (χ0v) is 14.9. The van der Waals surface area contributed by atoms with Crippen LogP contribution in [0.25, 0.3) is 17.0 Å². The summed E-state index contributed by atoms with van der Waals surface area (Å²) in [5.74, 6) is 0.139. The van der Waals surface area contributed by atoms with E-state index in [0.29, 0.717) is 16.5 Å². The van der Waals surface area contributed by atoms with Gasteiger partial charge in [0, 0.05) is 19.7 Å². The molecule has 128 valence electrons. The third kappa shape index (κ3) is 3.53. The van der Waals surface area contributed by atoms with Gasteiger partial charge in [0.25, 0.3) is 0 Å². The van der Waals surface area contributed by atoms with E-state index in [2.05, 4.69) is 15.3 Å². The molecule has 0 aliphatic rings. The summed E-state index contributed by atoms with van der Waals surface area (Å²) < 4.78 is 1.62. The highest BCUT2D eigenvalue weighted by Gasteiger charge is 2.27. The van der Waals surface area contributed by atoms with Gasteiger partial charge in [0.2, 0.25) is 5.91 Å². The number of aromatic nitrogens is 4. The SMILES string of the molecule is CC(=O)C(Sc1ccc2nnc(-c3ccccc3)n2n1)C(=O)N(C)C. The first kappa shape index (κ1) is 17.1.